The van der Waals surface area contributed by atoms with E-state index in [1.807, 2.05) is 30.5 Å². The Balaban J connectivity index is 1.86. The van der Waals surface area contributed by atoms with Gasteiger partial charge in [0.15, 0.2) is 0 Å². The van der Waals surface area contributed by atoms with Crippen molar-refractivity contribution in [2.24, 2.45) is 7.05 Å². The van der Waals surface area contributed by atoms with Crippen molar-refractivity contribution in [1.29, 1.82) is 4.78 Å². The first kappa shape index (κ1) is 21.7. The number of rotatable bonds is 5. The van der Waals surface area contributed by atoms with E-state index in [1.165, 1.54) is 32.1 Å². The molecular weight excluding hydrogens is 408 g/mol. The molecule has 2 aromatic heterocycles. The number of anilines is 1. The number of H-pyrrole nitrogens is 1. The van der Waals surface area contributed by atoms with Crippen LogP contribution in [0.1, 0.15) is 51.9 Å². The summed E-state index contributed by atoms with van der Waals surface area (Å²) in [6, 6.07) is 7.98. The van der Waals surface area contributed by atoms with Crippen LogP contribution in [0.5, 0.6) is 0 Å². The standard InChI is InChI=1S/C24H32N4O2S/c1-3-31(25,30)18-11-12-22(27-17-9-7-5-4-6-8-10-17)20(15-18)21-16-28(2)24(29)23-19(21)13-14-26-23/h11-17,25-27H,3-10H2,1-2H3. The Morgan fingerprint density at radius 1 is 1.13 bits per heavy atom. The molecule has 0 bridgehead atoms. The fourth-order valence-electron chi connectivity index (χ4n) is 4.55. The summed E-state index contributed by atoms with van der Waals surface area (Å²) >= 11 is 0. The highest BCUT2D eigenvalue weighted by molar-refractivity contribution is 7.92. The molecule has 3 N–H and O–H groups in total. The molecule has 0 saturated heterocycles. The summed E-state index contributed by atoms with van der Waals surface area (Å²) in [4.78, 5) is 16.2. The molecule has 1 fully saturated rings. The zero-order valence-electron chi connectivity index (χ0n) is 18.4. The maximum Gasteiger partial charge on any atom is 0.274 e. The van der Waals surface area contributed by atoms with E-state index in [0.29, 0.717) is 16.5 Å². The fourth-order valence-corrected chi connectivity index (χ4v) is 5.48. The van der Waals surface area contributed by atoms with E-state index in [4.69, 9.17) is 4.78 Å². The van der Waals surface area contributed by atoms with E-state index >= 15 is 0 Å². The van der Waals surface area contributed by atoms with E-state index in [2.05, 4.69) is 10.3 Å². The molecule has 3 aromatic rings. The molecule has 0 radical (unpaired) electrons. The van der Waals surface area contributed by atoms with Crippen LogP contribution in [-0.4, -0.2) is 25.6 Å². The topological polar surface area (TPSA) is 90.7 Å². The summed E-state index contributed by atoms with van der Waals surface area (Å²) in [5.74, 6) is 0.273. The lowest BCUT2D eigenvalue weighted by atomic mass is 9.95. The lowest BCUT2D eigenvalue weighted by Gasteiger charge is -2.24. The molecule has 1 saturated carbocycles. The van der Waals surface area contributed by atoms with Crippen molar-refractivity contribution >= 4 is 26.3 Å². The van der Waals surface area contributed by atoms with E-state index in [0.717, 1.165) is 35.0 Å². The fraction of sp³-hybridized carbons (Fsp3) is 0.458. The first-order valence-corrected chi connectivity index (χ1v) is 13.0. The van der Waals surface area contributed by atoms with Gasteiger partial charge in [-0.15, -0.1) is 0 Å². The van der Waals surface area contributed by atoms with Crippen molar-refractivity contribution < 1.29 is 4.21 Å². The summed E-state index contributed by atoms with van der Waals surface area (Å²) < 4.78 is 22.7. The Morgan fingerprint density at radius 2 is 1.84 bits per heavy atom. The van der Waals surface area contributed by atoms with Crippen molar-refractivity contribution in [1.82, 2.24) is 9.55 Å². The lowest BCUT2D eigenvalue weighted by Crippen LogP contribution is -2.21. The molecule has 2 heterocycles. The maximum atomic E-state index is 12.8. The number of nitrogens with one attached hydrogen (secondary N) is 3. The van der Waals surface area contributed by atoms with Gasteiger partial charge in [-0.2, -0.15) is 0 Å². The predicted octanol–water partition coefficient (Wildman–Crippen LogP) is 5.48. The molecule has 1 unspecified atom stereocenters. The second kappa shape index (κ2) is 8.91. The van der Waals surface area contributed by atoms with Gasteiger partial charge in [0, 0.05) is 58.3 Å². The summed E-state index contributed by atoms with van der Waals surface area (Å²) in [6.07, 6.45) is 12.2. The maximum absolute atomic E-state index is 12.8. The van der Waals surface area contributed by atoms with E-state index in [-0.39, 0.29) is 11.3 Å². The lowest BCUT2D eigenvalue weighted by molar-refractivity contribution is 0.471. The van der Waals surface area contributed by atoms with E-state index < -0.39 is 9.73 Å². The summed E-state index contributed by atoms with van der Waals surface area (Å²) in [5.41, 5.74) is 3.26. The van der Waals surface area contributed by atoms with Crippen molar-refractivity contribution in [2.45, 2.75) is 62.8 Å². The van der Waals surface area contributed by atoms with Gasteiger partial charge in [0.1, 0.15) is 5.52 Å². The van der Waals surface area contributed by atoms with Crippen LogP contribution >= 0.6 is 0 Å². The molecule has 0 spiro atoms. The average molecular weight is 441 g/mol. The van der Waals surface area contributed by atoms with Gasteiger partial charge in [-0.25, -0.2) is 8.99 Å². The van der Waals surface area contributed by atoms with E-state index in [1.54, 1.807) is 24.7 Å². The number of benzene rings is 1. The minimum atomic E-state index is -2.85. The zero-order valence-corrected chi connectivity index (χ0v) is 19.2. The highest BCUT2D eigenvalue weighted by atomic mass is 32.2. The highest BCUT2D eigenvalue weighted by Gasteiger charge is 2.19. The molecule has 1 aliphatic carbocycles. The number of hydrogen-bond acceptors (Lipinski definition) is 4. The molecule has 1 aliphatic rings. The van der Waals surface area contributed by atoms with Crippen LogP contribution in [0.3, 0.4) is 0 Å². The Morgan fingerprint density at radius 3 is 2.55 bits per heavy atom. The van der Waals surface area contributed by atoms with Crippen LogP contribution in [0.25, 0.3) is 22.0 Å². The molecule has 7 heteroatoms. The van der Waals surface area contributed by atoms with Gasteiger partial charge >= 0.3 is 0 Å². The third-order valence-electron chi connectivity index (χ3n) is 6.43. The Kier molecular flexibility index (Phi) is 6.23. The van der Waals surface area contributed by atoms with Gasteiger partial charge in [0.2, 0.25) is 0 Å². The molecule has 1 atom stereocenters. The molecule has 0 amide bonds. The second-order valence-electron chi connectivity index (χ2n) is 8.58. The van der Waals surface area contributed by atoms with Crippen molar-refractivity contribution in [3.8, 4) is 11.1 Å². The first-order chi connectivity index (χ1) is 14.9. The van der Waals surface area contributed by atoms with Crippen LogP contribution < -0.4 is 10.9 Å². The Hall–Kier alpha value is -2.54. The van der Waals surface area contributed by atoms with Gasteiger partial charge < -0.3 is 14.9 Å². The van der Waals surface area contributed by atoms with Crippen molar-refractivity contribution in [2.75, 3.05) is 11.1 Å². The summed E-state index contributed by atoms with van der Waals surface area (Å²) in [6.45, 7) is 1.78. The van der Waals surface area contributed by atoms with Crippen LogP contribution in [0.15, 0.2) is 46.3 Å². The first-order valence-electron chi connectivity index (χ1n) is 11.2. The Bertz CT molecular complexity index is 1230. The zero-order chi connectivity index (χ0) is 22.0. The van der Waals surface area contributed by atoms with Crippen LogP contribution in [0.4, 0.5) is 5.69 Å². The quantitative estimate of drug-likeness (QED) is 0.490. The predicted molar refractivity (Wildman–Crippen MR) is 128 cm³/mol. The monoisotopic (exact) mass is 440 g/mol. The SMILES string of the molecule is CCS(=N)(=O)c1ccc(NC2CCCCCCC2)c(-c2cn(C)c(=O)c3[nH]ccc23)c1. The van der Waals surface area contributed by atoms with E-state index in [9.17, 15) is 9.00 Å². The number of hydrogen-bond donors (Lipinski definition) is 3. The van der Waals surface area contributed by atoms with Crippen LogP contribution in [0, 0.1) is 4.78 Å². The van der Waals surface area contributed by atoms with Gasteiger partial charge in [-0.3, -0.25) is 4.79 Å². The molecule has 31 heavy (non-hydrogen) atoms. The number of pyridine rings is 1. The average Bonchev–Trinajstić information content (AvgIpc) is 3.23. The second-order valence-corrected chi connectivity index (χ2v) is 11.0. The van der Waals surface area contributed by atoms with Gasteiger partial charge in [-0.1, -0.05) is 39.0 Å². The van der Waals surface area contributed by atoms with Crippen LogP contribution in [0.2, 0.25) is 0 Å². The molecule has 4 rings (SSSR count). The molecular formula is C24H32N4O2S. The molecule has 166 valence electrons. The number of aromatic amines is 1. The number of fused-ring (bicyclic) bond motifs is 1. The molecule has 0 aliphatic heterocycles. The molecule has 1 aromatic carbocycles. The Labute approximate surface area is 184 Å². The number of aryl methyl sites for hydroxylation is 1. The third-order valence-corrected chi connectivity index (χ3v) is 8.26. The summed E-state index contributed by atoms with van der Waals surface area (Å²) in [7, 11) is -1.10. The number of aromatic nitrogens is 2. The summed E-state index contributed by atoms with van der Waals surface area (Å²) in [5, 5.41) is 4.59. The minimum Gasteiger partial charge on any atom is -0.382 e. The normalized spacial score (nSPS) is 17.7. The van der Waals surface area contributed by atoms with Gasteiger partial charge in [-0.05, 0) is 37.1 Å². The largest absolute Gasteiger partial charge is 0.382 e. The van der Waals surface area contributed by atoms with Gasteiger partial charge in [0.05, 0.1) is 9.73 Å². The van der Waals surface area contributed by atoms with Crippen molar-refractivity contribution in [3.05, 3.63) is 47.0 Å². The van der Waals surface area contributed by atoms with Gasteiger partial charge in [0.25, 0.3) is 5.56 Å². The van der Waals surface area contributed by atoms with Crippen LogP contribution in [-0.2, 0) is 16.8 Å². The highest BCUT2D eigenvalue weighted by Crippen LogP contribution is 2.36. The number of nitrogens with zero attached hydrogens (tertiary/aromatic N) is 1. The van der Waals surface area contributed by atoms with Crippen molar-refractivity contribution in [3.63, 3.8) is 0 Å². The third kappa shape index (κ3) is 4.42. The molecule has 6 nitrogen and oxygen atoms in total. The smallest absolute Gasteiger partial charge is 0.274 e. The minimum absolute atomic E-state index is 0.0766.